The van der Waals surface area contributed by atoms with Crippen molar-refractivity contribution in [1.82, 2.24) is 0 Å². The monoisotopic (exact) mass is 367 g/mol. The van der Waals surface area contributed by atoms with Crippen molar-refractivity contribution in [2.75, 3.05) is 6.23 Å². The number of hydrogen-bond donors (Lipinski definition) is 0. The molecule has 0 aliphatic heterocycles. The van der Waals surface area contributed by atoms with Crippen molar-refractivity contribution in [2.24, 2.45) is 0 Å². The molecule has 0 atom stereocenters. The van der Waals surface area contributed by atoms with E-state index in [2.05, 4.69) is 48.8 Å². The van der Waals surface area contributed by atoms with E-state index in [9.17, 15) is 4.79 Å². The average Bonchev–Trinajstić information content (AvgIpc) is 2.04. The Morgan fingerprint density at radius 2 is 2.31 bits per heavy atom. The Kier molecular flexibility index (Phi) is 4.40. The van der Waals surface area contributed by atoms with Gasteiger partial charge in [0.1, 0.15) is 0 Å². The van der Waals surface area contributed by atoms with Crippen LogP contribution in [0.1, 0.15) is 10.4 Å². The summed E-state index contributed by atoms with van der Waals surface area (Å²) in [4.78, 5) is 11.4. The van der Waals surface area contributed by atoms with Crippen LogP contribution in [-0.2, 0) is 4.74 Å². The first-order valence-corrected chi connectivity index (χ1v) is 6.00. The summed E-state index contributed by atoms with van der Waals surface area (Å²) in [6, 6.07) is 5.54. The fourth-order valence-corrected chi connectivity index (χ4v) is 2.58. The van der Waals surface area contributed by atoms with Gasteiger partial charge in [0.05, 0.1) is 22.0 Å². The lowest BCUT2D eigenvalue weighted by molar-refractivity contribution is 0.0571. The number of hydrogen-bond acceptors (Lipinski definition) is 2. The molecular formula is C8H5BrIO2Si. The number of esters is 1. The Bertz CT molecular complexity index is 310. The second-order valence-corrected chi connectivity index (χ2v) is 4.48. The molecule has 0 fully saturated rings. The van der Waals surface area contributed by atoms with Crippen LogP contribution in [0.3, 0.4) is 0 Å². The lowest BCUT2D eigenvalue weighted by Gasteiger charge is -2.05. The van der Waals surface area contributed by atoms with Crippen LogP contribution in [0, 0.1) is 3.57 Å². The van der Waals surface area contributed by atoms with E-state index in [0.717, 1.165) is 8.04 Å². The van der Waals surface area contributed by atoms with E-state index in [1.807, 2.05) is 18.2 Å². The molecule has 1 rings (SSSR count). The summed E-state index contributed by atoms with van der Waals surface area (Å²) in [6.07, 6.45) is 0.205. The molecule has 0 aromatic heterocycles. The van der Waals surface area contributed by atoms with E-state index in [-0.39, 0.29) is 12.2 Å². The van der Waals surface area contributed by atoms with Gasteiger partial charge in [0.25, 0.3) is 0 Å². The molecule has 1 aromatic carbocycles. The number of ether oxygens (including phenoxy) is 1. The summed E-state index contributed by atoms with van der Waals surface area (Å²) in [6.45, 7) is 0. The highest BCUT2D eigenvalue weighted by atomic mass is 127. The SMILES string of the molecule is O=C(OC[Si])c1c(Br)cccc1I. The quantitative estimate of drug-likeness (QED) is 0.455. The third kappa shape index (κ3) is 2.78. The molecule has 0 amide bonds. The molecule has 0 aliphatic carbocycles. The van der Waals surface area contributed by atoms with Gasteiger partial charge in [-0.15, -0.1) is 0 Å². The van der Waals surface area contributed by atoms with Crippen molar-refractivity contribution >= 4 is 54.7 Å². The molecule has 0 saturated carbocycles. The maximum Gasteiger partial charge on any atom is 0.340 e. The number of halogens is 2. The second-order valence-electron chi connectivity index (χ2n) is 2.17. The summed E-state index contributed by atoms with van der Waals surface area (Å²) in [7, 11) is 3.08. The number of carbonyl (C=O) groups excluding carboxylic acids is 1. The highest BCUT2D eigenvalue weighted by molar-refractivity contribution is 14.1. The predicted molar refractivity (Wildman–Crippen MR) is 62.9 cm³/mol. The zero-order valence-electron chi connectivity index (χ0n) is 6.51. The third-order valence-electron chi connectivity index (χ3n) is 1.37. The van der Waals surface area contributed by atoms with Crippen molar-refractivity contribution in [3.63, 3.8) is 0 Å². The molecule has 0 unspecified atom stereocenters. The molecule has 0 aliphatic rings. The Hall–Kier alpha value is 0.117. The molecule has 1 aromatic rings. The van der Waals surface area contributed by atoms with Crippen molar-refractivity contribution in [3.8, 4) is 0 Å². The van der Waals surface area contributed by atoms with Crippen molar-refractivity contribution in [2.45, 2.75) is 0 Å². The fourth-order valence-electron chi connectivity index (χ4n) is 0.831. The second kappa shape index (κ2) is 5.11. The van der Waals surface area contributed by atoms with Crippen LogP contribution in [0.5, 0.6) is 0 Å². The van der Waals surface area contributed by atoms with Crippen LogP contribution in [0.2, 0.25) is 0 Å². The van der Waals surface area contributed by atoms with E-state index >= 15 is 0 Å². The van der Waals surface area contributed by atoms with Crippen LogP contribution < -0.4 is 0 Å². The first-order valence-electron chi connectivity index (χ1n) is 3.42. The zero-order chi connectivity index (χ0) is 9.84. The summed E-state index contributed by atoms with van der Waals surface area (Å²) < 4.78 is 6.46. The normalized spacial score (nSPS) is 9.77. The van der Waals surface area contributed by atoms with Crippen LogP contribution in [0.4, 0.5) is 0 Å². The lowest BCUT2D eigenvalue weighted by Crippen LogP contribution is -2.08. The average molecular weight is 368 g/mol. The Morgan fingerprint density at radius 1 is 1.62 bits per heavy atom. The van der Waals surface area contributed by atoms with Gasteiger partial charge in [-0.3, -0.25) is 0 Å². The van der Waals surface area contributed by atoms with Crippen molar-refractivity contribution < 1.29 is 9.53 Å². The van der Waals surface area contributed by atoms with E-state index < -0.39 is 0 Å². The van der Waals surface area contributed by atoms with E-state index in [1.165, 1.54) is 0 Å². The van der Waals surface area contributed by atoms with Crippen LogP contribution >= 0.6 is 38.5 Å². The summed E-state index contributed by atoms with van der Waals surface area (Å²) in [5.74, 6) is -0.327. The van der Waals surface area contributed by atoms with E-state index in [0.29, 0.717) is 5.56 Å². The number of benzene rings is 1. The van der Waals surface area contributed by atoms with Gasteiger partial charge in [-0.1, -0.05) is 6.07 Å². The number of rotatable bonds is 2. The van der Waals surface area contributed by atoms with Crippen molar-refractivity contribution in [3.05, 3.63) is 31.8 Å². The molecule has 67 valence electrons. The van der Waals surface area contributed by atoms with Gasteiger partial charge in [-0.25, -0.2) is 4.79 Å². The van der Waals surface area contributed by atoms with Gasteiger partial charge in [0, 0.05) is 8.04 Å². The minimum Gasteiger partial charge on any atom is -0.467 e. The summed E-state index contributed by atoms with van der Waals surface area (Å²) >= 11 is 5.39. The molecule has 0 heterocycles. The maximum atomic E-state index is 11.4. The van der Waals surface area contributed by atoms with E-state index in [1.54, 1.807) is 0 Å². The molecule has 5 heteroatoms. The van der Waals surface area contributed by atoms with Crippen molar-refractivity contribution in [1.29, 1.82) is 0 Å². The topological polar surface area (TPSA) is 26.3 Å². The highest BCUT2D eigenvalue weighted by Crippen LogP contribution is 2.22. The smallest absolute Gasteiger partial charge is 0.340 e. The van der Waals surface area contributed by atoms with Gasteiger partial charge in [-0.2, -0.15) is 0 Å². The molecule has 13 heavy (non-hydrogen) atoms. The van der Waals surface area contributed by atoms with Gasteiger partial charge in [-0.05, 0) is 50.7 Å². The van der Waals surface area contributed by atoms with Crippen LogP contribution in [-0.4, -0.2) is 22.4 Å². The van der Waals surface area contributed by atoms with Crippen LogP contribution in [0.25, 0.3) is 0 Å². The minimum absolute atomic E-state index is 0.205. The Morgan fingerprint density at radius 3 is 2.85 bits per heavy atom. The zero-order valence-corrected chi connectivity index (χ0v) is 11.3. The molecular weight excluding hydrogens is 363 g/mol. The van der Waals surface area contributed by atoms with E-state index in [4.69, 9.17) is 4.74 Å². The third-order valence-corrected chi connectivity index (χ3v) is 3.07. The molecule has 0 saturated heterocycles. The lowest BCUT2D eigenvalue weighted by atomic mass is 10.2. The largest absolute Gasteiger partial charge is 0.467 e. The molecule has 0 N–H and O–H groups in total. The Labute approximate surface area is 102 Å². The van der Waals surface area contributed by atoms with Gasteiger partial charge >= 0.3 is 5.97 Å². The molecule has 2 nitrogen and oxygen atoms in total. The van der Waals surface area contributed by atoms with Crippen LogP contribution in [0.15, 0.2) is 22.7 Å². The summed E-state index contributed by atoms with van der Waals surface area (Å²) in [5.41, 5.74) is 0.571. The minimum atomic E-state index is -0.327. The molecule has 0 bridgehead atoms. The number of carbonyl (C=O) groups is 1. The van der Waals surface area contributed by atoms with Gasteiger partial charge in [0.15, 0.2) is 0 Å². The standard InChI is InChI=1S/C8H5BrIO2Si/c9-5-2-1-3-6(10)7(5)8(11)12-4-13/h1-3H,4H2. The predicted octanol–water partition coefficient (Wildman–Crippen LogP) is 2.34. The summed E-state index contributed by atoms with van der Waals surface area (Å²) in [5, 5.41) is 0. The fraction of sp³-hybridized carbons (Fsp3) is 0.125. The highest BCUT2D eigenvalue weighted by Gasteiger charge is 2.13. The van der Waals surface area contributed by atoms with Gasteiger partial charge in [0.2, 0.25) is 0 Å². The first-order chi connectivity index (χ1) is 6.16. The molecule has 0 spiro atoms. The Balaban J connectivity index is 3.05. The first kappa shape index (κ1) is 11.2. The maximum absolute atomic E-state index is 11.4. The van der Waals surface area contributed by atoms with Gasteiger partial charge < -0.3 is 4.74 Å². The molecule has 3 radical (unpaired) electrons.